The maximum atomic E-state index is 13.6. The largest absolute Gasteiger partial charge is 0.465 e. The standard InChI is InChI=1S/C39H41N3O6S.H2O/c1-4-5-6-7-8-9-36-40-39(41-42(36)26-28-10-14-30(15-11-28)32-18-22-34(23-19-32)37(43)47-2)49(45,46)27-29-12-16-31(17-13-29)33-20-24-35(25-21-33)38(44)48-3;/h10-25H,4-9,26-27H2,1-3H3;1H2. The molecule has 0 bridgehead atoms. The number of unbranched alkanes of at least 4 members (excludes halogenated alkanes) is 4. The predicted molar refractivity (Wildman–Crippen MR) is 193 cm³/mol. The summed E-state index contributed by atoms with van der Waals surface area (Å²) in [5, 5.41) is 4.37. The molecule has 10 nitrogen and oxygen atoms in total. The molecule has 4 aromatic carbocycles. The van der Waals surface area contributed by atoms with E-state index in [-0.39, 0.29) is 22.4 Å². The molecule has 0 aliphatic carbocycles. The summed E-state index contributed by atoms with van der Waals surface area (Å²) in [6.07, 6.45) is 6.03. The molecule has 0 amide bonds. The number of nitrogens with zero attached hydrogens (tertiary/aromatic N) is 3. The second-order valence-electron chi connectivity index (χ2n) is 11.9. The van der Waals surface area contributed by atoms with Crippen molar-refractivity contribution in [2.75, 3.05) is 14.2 Å². The third kappa shape index (κ3) is 9.52. The highest BCUT2D eigenvalue weighted by Gasteiger charge is 2.23. The minimum Gasteiger partial charge on any atom is -0.465 e. The summed E-state index contributed by atoms with van der Waals surface area (Å²) in [7, 11) is -1.12. The minimum absolute atomic E-state index is 0. The summed E-state index contributed by atoms with van der Waals surface area (Å²) in [5.74, 6) is -0.348. The number of sulfone groups is 1. The van der Waals surface area contributed by atoms with Crippen LogP contribution < -0.4 is 0 Å². The Kier molecular flexibility index (Phi) is 13.2. The second-order valence-corrected chi connectivity index (χ2v) is 13.8. The summed E-state index contributed by atoms with van der Waals surface area (Å²) >= 11 is 0. The Balaban J connectivity index is 0.00000562. The van der Waals surface area contributed by atoms with Gasteiger partial charge in [-0.15, -0.1) is 5.10 Å². The molecular formula is C39H43N3O7S. The average Bonchev–Trinajstić information content (AvgIpc) is 3.54. The number of esters is 2. The van der Waals surface area contributed by atoms with Gasteiger partial charge in [0.25, 0.3) is 5.16 Å². The Morgan fingerprint density at radius 2 is 1.08 bits per heavy atom. The van der Waals surface area contributed by atoms with E-state index in [4.69, 9.17) is 9.47 Å². The highest BCUT2D eigenvalue weighted by atomic mass is 32.2. The Hall–Kier alpha value is -5.13. The first-order valence-corrected chi connectivity index (χ1v) is 18.1. The molecule has 0 fully saturated rings. The van der Waals surface area contributed by atoms with E-state index in [1.165, 1.54) is 20.6 Å². The molecule has 5 aromatic rings. The van der Waals surface area contributed by atoms with Gasteiger partial charge in [0.1, 0.15) is 5.82 Å². The summed E-state index contributed by atoms with van der Waals surface area (Å²) in [6, 6.07) is 29.6. The van der Waals surface area contributed by atoms with Crippen molar-refractivity contribution in [1.29, 1.82) is 0 Å². The molecule has 0 saturated carbocycles. The Morgan fingerprint density at radius 3 is 1.54 bits per heavy atom. The van der Waals surface area contributed by atoms with E-state index in [1.807, 2.05) is 60.7 Å². The Bertz CT molecular complexity index is 1970. The fraction of sp³-hybridized carbons (Fsp3) is 0.282. The van der Waals surface area contributed by atoms with Gasteiger partial charge in [-0.2, -0.15) is 0 Å². The number of hydrogen-bond donors (Lipinski definition) is 0. The van der Waals surface area contributed by atoms with Gasteiger partial charge in [0.05, 0.1) is 37.6 Å². The monoisotopic (exact) mass is 697 g/mol. The van der Waals surface area contributed by atoms with Crippen LogP contribution in [-0.4, -0.2) is 54.8 Å². The van der Waals surface area contributed by atoms with E-state index >= 15 is 0 Å². The SMILES string of the molecule is CCCCCCCc1nc(S(=O)(=O)Cc2ccc(-c3ccc(C(=O)OC)cc3)cc2)nn1Cc1ccc(-c2ccc(C(=O)OC)cc2)cc1.O. The molecule has 0 aliphatic heterocycles. The van der Waals surface area contributed by atoms with Crippen molar-refractivity contribution in [3.8, 4) is 22.3 Å². The van der Waals surface area contributed by atoms with Crippen LogP contribution in [0.25, 0.3) is 22.3 Å². The van der Waals surface area contributed by atoms with Gasteiger partial charge in [0.15, 0.2) is 0 Å². The third-order valence-corrected chi connectivity index (χ3v) is 9.83. The molecule has 0 atom stereocenters. The molecule has 0 spiro atoms. The minimum atomic E-state index is -3.82. The van der Waals surface area contributed by atoms with Crippen LogP contribution in [0.5, 0.6) is 0 Å². The maximum absolute atomic E-state index is 13.6. The molecule has 1 heterocycles. The molecule has 0 aliphatic rings. The van der Waals surface area contributed by atoms with Crippen LogP contribution in [0, 0.1) is 0 Å². The molecule has 0 unspecified atom stereocenters. The van der Waals surface area contributed by atoms with Gasteiger partial charge >= 0.3 is 11.9 Å². The van der Waals surface area contributed by atoms with Crippen LogP contribution in [0.4, 0.5) is 0 Å². The average molecular weight is 698 g/mol. The van der Waals surface area contributed by atoms with Crippen molar-refractivity contribution in [2.45, 2.75) is 62.9 Å². The number of rotatable bonds is 15. The molecule has 11 heteroatoms. The van der Waals surface area contributed by atoms with Crippen molar-refractivity contribution >= 4 is 21.8 Å². The lowest BCUT2D eigenvalue weighted by Crippen LogP contribution is -2.09. The number of hydrogen-bond acceptors (Lipinski definition) is 8. The lowest BCUT2D eigenvalue weighted by Gasteiger charge is -2.08. The molecule has 5 rings (SSSR count). The lowest BCUT2D eigenvalue weighted by molar-refractivity contribution is 0.0592. The maximum Gasteiger partial charge on any atom is 0.337 e. The van der Waals surface area contributed by atoms with E-state index in [9.17, 15) is 18.0 Å². The van der Waals surface area contributed by atoms with Crippen molar-refractivity contribution in [3.63, 3.8) is 0 Å². The number of aryl methyl sites for hydroxylation is 1. The highest BCUT2D eigenvalue weighted by molar-refractivity contribution is 7.90. The van der Waals surface area contributed by atoms with Crippen LogP contribution in [0.3, 0.4) is 0 Å². The third-order valence-electron chi connectivity index (χ3n) is 8.39. The summed E-state index contributed by atoms with van der Waals surface area (Å²) in [6.45, 7) is 2.56. The summed E-state index contributed by atoms with van der Waals surface area (Å²) in [4.78, 5) is 28.1. The van der Waals surface area contributed by atoms with Crippen LogP contribution in [-0.2, 0) is 38.0 Å². The molecule has 1 aromatic heterocycles. The molecule has 0 saturated heterocycles. The van der Waals surface area contributed by atoms with Crippen molar-refractivity contribution in [1.82, 2.24) is 14.8 Å². The van der Waals surface area contributed by atoms with Crippen LogP contribution in [0.1, 0.15) is 76.7 Å². The zero-order valence-corrected chi connectivity index (χ0v) is 29.4. The number of carbonyl (C=O) groups is 2. The van der Waals surface area contributed by atoms with Gasteiger partial charge in [0, 0.05) is 6.42 Å². The number of methoxy groups -OCH3 is 2. The fourth-order valence-corrected chi connectivity index (χ4v) is 6.80. The van der Waals surface area contributed by atoms with Crippen molar-refractivity contribution < 1.29 is 33.0 Å². The number of aromatic nitrogens is 3. The van der Waals surface area contributed by atoms with Gasteiger partial charge in [-0.05, 0) is 64.1 Å². The van der Waals surface area contributed by atoms with Crippen LogP contribution in [0.15, 0.2) is 102 Å². The van der Waals surface area contributed by atoms with Crippen molar-refractivity contribution in [2.24, 2.45) is 0 Å². The first-order valence-electron chi connectivity index (χ1n) is 16.4. The van der Waals surface area contributed by atoms with Gasteiger partial charge in [0.2, 0.25) is 9.84 Å². The number of ether oxygens (including phenoxy) is 2. The Labute approximate surface area is 293 Å². The first-order chi connectivity index (χ1) is 23.7. The van der Waals surface area contributed by atoms with Gasteiger partial charge < -0.3 is 14.9 Å². The molecule has 2 N–H and O–H groups in total. The highest BCUT2D eigenvalue weighted by Crippen LogP contribution is 2.24. The fourth-order valence-electron chi connectivity index (χ4n) is 5.57. The van der Waals surface area contributed by atoms with Crippen LogP contribution >= 0.6 is 0 Å². The normalized spacial score (nSPS) is 11.1. The smallest absolute Gasteiger partial charge is 0.337 e. The molecule has 0 radical (unpaired) electrons. The van der Waals surface area contributed by atoms with Gasteiger partial charge in [-0.1, -0.05) is 105 Å². The zero-order chi connectivity index (χ0) is 34.8. The van der Waals surface area contributed by atoms with E-state index in [1.54, 1.807) is 41.1 Å². The van der Waals surface area contributed by atoms with Crippen molar-refractivity contribution in [3.05, 3.63) is 125 Å². The predicted octanol–water partition coefficient (Wildman–Crippen LogP) is 6.90. The summed E-state index contributed by atoms with van der Waals surface area (Å²) in [5.41, 5.74) is 6.29. The lowest BCUT2D eigenvalue weighted by atomic mass is 10.0. The first kappa shape index (κ1) is 37.7. The summed E-state index contributed by atoms with van der Waals surface area (Å²) < 4.78 is 38.5. The van der Waals surface area contributed by atoms with Gasteiger partial charge in [-0.3, -0.25) is 0 Å². The quantitative estimate of drug-likeness (QED) is 0.0848. The molecule has 262 valence electrons. The number of benzene rings is 4. The molecule has 50 heavy (non-hydrogen) atoms. The second kappa shape index (κ2) is 17.5. The van der Waals surface area contributed by atoms with Crippen LogP contribution in [0.2, 0.25) is 0 Å². The van der Waals surface area contributed by atoms with E-state index < -0.39 is 15.8 Å². The van der Waals surface area contributed by atoms with E-state index in [0.717, 1.165) is 53.5 Å². The van der Waals surface area contributed by atoms with E-state index in [0.29, 0.717) is 35.5 Å². The zero-order valence-electron chi connectivity index (χ0n) is 28.6. The molecular weight excluding hydrogens is 655 g/mol. The Morgan fingerprint density at radius 1 is 0.640 bits per heavy atom. The van der Waals surface area contributed by atoms with Gasteiger partial charge in [-0.25, -0.2) is 27.7 Å². The number of carbonyl (C=O) groups excluding carboxylic acids is 2. The van der Waals surface area contributed by atoms with E-state index in [2.05, 4.69) is 17.0 Å². The topological polar surface area (TPSA) is 149 Å².